The molecular weight excluding hydrogens is 508 g/mol. The molecule has 2 saturated carbocycles. The van der Waals surface area contributed by atoms with Crippen LogP contribution in [0.2, 0.25) is 0 Å². The molecule has 0 bridgehead atoms. The summed E-state index contributed by atoms with van der Waals surface area (Å²) >= 11 is 0. The second kappa shape index (κ2) is 11.0. The van der Waals surface area contributed by atoms with Gasteiger partial charge in [0.1, 0.15) is 41.1 Å². The van der Waals surface area contributed by atoms with E-state index in [1.165, 1.54) is 18.9 Å². The fourth-order valence-corrected chi connectivity index (χ4v) is 5.24. The quantitative estimate of drug-likeness (QED) is 0.355. The number of nitrogens with zero attached hydrogens (tertiary/aromatic N) is 1. The van der Waals surface area contributed by atoms with Gasteiger partial charge in [-0.05, 0) is 81.4 Å². The number of likely N-dealkylation sites (tertiary alicyclic amines) is 1. The van der Waals surface area contributed by atoms with Gasteiger partial charge in [-0.15, -0.1) is 0 Å². The summed E-state index contributed by atoms with van der Waals surface area (Å²) in [4.78, 5) is 15.5. The molecule has 39 heavy (non-hydrogen) atoms. The molecule has 3 aliphatic rings. The molecule has 10 heteroatoms. The average Bonchev–Trinajstić information content (AvgIpc) is 3.35. The number of carbonyl (C=O) groups excluding carboxylic acids is 1. The van der Waals surface area contributed by atoms with Gasteiger partial charge in [-0.3, -0.25) is 9.69 Å². The highest BCUT2D eigenvalue weighted by atomic mass is 19.3. The maximum atomic E-state index is 13.5. The molecule has 2 aliphatic carbocycles. The lowest BCUT2D eigenvalue weighted by molar-refractivity contribution is -0.0503. The van der Waals surface area contributed by atoms with E-state index < -0.39 is 12.5 Å². The van der Waals surface area contributed by atoms with Crippen LogP contribution in [0.25, 0.3) is 22.1 Å². The van der Waals surface area contributed by atoms with Crippen molar-refractivity contribution in [1.29, 1.82) is 0 Å². The van der Waals surface area contributed by atoms with Gasteiger partial charge in [0.25, 0.3) is 5.91 Å². The number of nitrogens with one attached hydrogen (secondary N) is 1. The molecule has 1 saturated heterocycles. The number of alkyl halides is 2. The maximum absolute atomic E-state index is 13.5. The Labute approximate surface area is 225 Å². The van der Waals surface area contributed by atoms with Gasteiger partial charge in [0.05, 0.1) is 6.26 Å². The number of carbonyl (C=O) groups is 1. The first-order valence-corrected chi connectivity index (χ1v) is 13.7. The van der Waals surface area contributed by atoms with Gasteiger partial charge in [-0.25, -0.2) is 0 Å². The van der Waals surface area contributed by atoms with E-state index in [9.17, 15) is 13.6 Å². The Hall–Kier alpha value is -3.37. The minimum absolute atomic E-state index is 0.0169. The zero-order valence-electron chi connectivity index (χ0n) is 21.7. The smallest absolute Gasteiger partial charge is 0.387 e. The van der Waals surface area contributed by atoms with Crippen molar-refractivity contribution in [2.24, 2.45) is 5.73 Å². The third kappa shape index (κ3) is 5.96. The Morgan fingerprint density at radius 3 is 2.62 bits per heavy atom. The van der Waals surface area contributed by atoms with E-state index in [1.54, 1.807) is 12.3 Å². The molecule has 6 rings (SSSR count). The Balaban J connectivity index is 1.30. The number of hydrogen-bond donors (Lipinski definition) is 2. The van der Waals surface area contributed by atoms with Crippen LogP contribution in [0.1, 0.15) is 48.9 Å². The predicted molar refractivity (Wildman–Crippen MR) is 142 cm³/mol. The second-order valence-electron chi connectivity index (χ2n) is 10.6. The highest BCUT2D eigenvalue weighted by Crippen LogP contribution is 2.41. The monoisotopic (exact) mass is 541 g/mol. The van der Waals surface area contributed by atoms with E-state index in [4.69, 9.17) is 24.4 Å². The molecule has 1 amide bonds. The highest BCUT2D eigenvalue weighted by molar-refractivity contribution is 6.02. The molecular formula is C29H33F2N3O5. The van der Waals surface area contributed by atoms with Crippen molar-refractivity contribution in [2.45, 2.75) is 63.3 Å². The summed E-state index contributed by atoms with van der Waals surface area (Å²) in [5.41, 5.74) is 7.69. The van der Waals surface area contributed by atoms with Crippen LogP contribution in [0.4, 0.5) is 8.78 Å². The van der Waals surface area contributed by atoms with Crippen molar-refractivity contribution in [3.05, 3.63) is 42.2 Å². The fraction of sp³-hybridized carbons (Fsp3) is 0.483. The molecule has 3 aromatic rings. The van der Waals surface area contributed by atoms with E-state index in [2.05, 4.69) is 10.2 Å². The number of benzene rings is 2. The van der Waals surface area contributed by atoms with Crippen LogP contribution in [0.5, 0.6) is 17.2 Å². The SMILES string of the molecule is NC1CC(Oc2cc(-c3coc4cc(OCCN5CCCC5)ccc34)cc(OC(F)F)c2C(=O)NC2CC2)C1. The molecule has 2 aromatic carbocycles. The zero-order chi connectivity index (χ0) is 26.9. The first kappa shape index (κ1) is 25.9. The van der Waals surface area contributed by atoms with Gasteiger partial charge in [0.15, 0.2) is 0 Å². The van der Waals surface area contributed by atoms with Crippen molar-refractivity contribution in [3.8, 4) is 28.4 Å². The van der Waals surface area contributed by atoms with E-state index in [1.807, 2.05) is 18.2 Å². The maximum Gasteiger partial charge on any atom is 0.387 e. The van der Waals surface area contributed by atoms with Crippen molar-refractivity contribution in [2.75, 3.05) is 26.2 Å². The molecule has 2 heterocycles. The summed E-state index contributed by atoms with van der Waals surface area (Å²) in [6.45, 7) is 0.578. The minimum Gasteiger partial charge on any atom is -0.492 e. The number of halogens is 2. The Bertz CT molecular complexity index is 1330. The lowest BCUT2D eigenvalue weighted by Crippen LogP contribution is -2.43. The lowest BCUT2D eigenvalue weighted by Gasteiger charge is -2.33. The van der Waals surface area contributed by atoms with Crippen LogP contribution in [0, 0.1) is 0 Å². The van der Waals surface area contributed by atoms with Crippen molar-refractivity contribution in [3.63, 3.8) is 0 Å². The van der Waals surface area contributed by atoms with Crippen molar-refractivity contribution in [1.82, 2.24) is 10.2 Å². The molecule has 208 valence electrons. The summed E-state index contributed by atoms with van der Waals surface area (Å²) in [7, 11) is 0. The van der Waals surface area contributed by atoms with Gasteiger partial charge in [-0.1, -0.05) is 0 Å². The molecule has 1 aliphatic heterocycles. The van der Waals surface area contributed by atoms with Crippen LogP contribution in [0.3, 0.4) is 0 Å². The predicted octanol–water partition coefficient (Wildman–Crippen LogP) is 4.94. The number of fused-ring (bicyclic) bond motifs is 1. The number of furan rings is 1. The summed E-state index contributed by atoms with van der Waals surface area (Å²) in [6.07, 6.45) is 6.77. The van der Waals surface area contributed by atoms with Gasteiger partial charge in [0.2, 0.25) is 0 Å². The molecule has 8 nitrogen and oxygen atoms in total. The molecule has 0 unspecified atom stereocenters. The van der Waals surface area contributed by atoms with Gasteiger partial charge in [0, 0.05) is 35.6 Å². The standard InChI is InChI=1S/C29H33F2N3O5/c30-29(31)39-26-12-17(11-25(38-21-13-18(32)14-21)27(26)28(35)33-19-3-4-19)23-16-37-24-15-20(5-6-22(23)24)36-10-9-34-7-1-2-8-34/h5-6,11-12,15-16,18-19,21,29H,1-4,7-10,13-14,32H2,(H,33,35). The van der Waals surface area contributed by atoms with Crippen LogP contribution in [0.15, 0.2) is 41.0 Å². The van der Waals surface area contributed by atoms with E-state index in [-0.39, 0.29) is 35.3 Å². The van der Waals surface area contributed by atoms with Gasteiger partial charge >= 0.3 is 6.61 Å². The third-order valence-electron chi connectivity index (χ3n) is 7.58. The topological polar surface area (TPSA) is 99.2 Å². The van der Waals surface area contributed by atoms with E-state index in [0.717, 1.165) is 37.9 Å². The van der Waals surface area contributed by atoms with Gasteiger partial charge < -0.3 is 29.7 Å². The van der Waals surface area contributed by atoms with E-state index in [0.29, 0.717) is 41.9 Å². The molecule has 0 radical (unpaired) electrons. The lowest BCUT2D eigenvalue weighted by atomic mass is 9.90. The summed E-state index contributed by atoms with van der Waals surface area (Å²) in [5, 5.41) is 3.64. The first-order valence-electron chi connectivity index (χ1n) is 13.7. The minimum atomic E-state index is -3.11. The number of rotatable bonds is 11. The zero-order valence-corrected chi connectivity index (χ0v) is 21.7. The van der Waals surface area contributed by atoms with Crippen molar-refractivity contribution >= 4 is 16.9 Å². The number of ether oxygens (including phenoxy) is 3. The van der Waals surface area contributed by atoms with E-state index >= 15 is 0 Å². The van der Waals surface area contributed by atoms with Crippen LogP contribution >= 0.6 is 0 Å². The third-order valence-corrected chi connectivity index (χ3v) is 7.58. The van der Waals surface area contributed by atoms with Gasteiger partial charge in [-0.2, -0.15) is 8.78 Å². The fourth-order valence-electron chi connectivity index (χ4n) is 5.24. The molecule has 0 atom stereocenters. The average molecular weight is 542 g/mol. The Morgan fingerprint density at radius 2 is 1.90 bits per heavy atom. The largest absolute Gasteiger partial charge is 0.492 e. The Morgan fingerprint density at radius 1 is 1.13 bits per heavy atom. The Kier molecular flexibility index (Phi) is 7.31. The first-order chi connectivity index (χ1) is 18.9. The van der Waals surface area contributed by atoms with Crippen LogP contribution in [-0.4, -0.2) is 61.8 Å². The van der Waals surface area contributed by atoms with Crippen molar-refractivity contribution < 1.29 is 32.2 Å². The highest BCUT2D eigenvalue weighted by Gasteiger charge is 2.33. The summed E-state index contributed by atoms with van der Waals surface area (Å²) in [5.74, 6) is 0.151. The van der Waals surface area contributed by atoms with Crippen LogP contribution in [-0.2, 0) is 0 Å². The molecule has 1 aromatic heterocycles. The summed E-state index contributed by atoms with van der Waals surface area (Å²) in [6, 6.07) is 8.75. The molecule has 3 N–H and O–H groups in total. The summed E-state index contributed by atoms with van der Waals surface area (Å²) < 4.78 is 49.8. The molecule has 0 spiro atoms. The number of nitrogens with two attached hydrogens (primary N) is 1. The number of hydrogen-bond acceptors (Lipinski definition) is 7. The normalized spacial score (nSPS) is 21.2. The molecule has 3 fully saturated rings. The second-order valence-corrected chi connectivity index (χ2v) is 10.6. The van der Waals surface area contributed by atoms with Crippen LogP contribution < -0.4 is 25.3 Å². The number of amides is 1.